The van der Waals surface area contributed by atoms with Crippen LogP contribution in [0, 0.1) is 0 Å². The van der Waals surface area contributed by atoms with Gasteiger partial charge < -0.3 is 0 Å². The third kappa shape index (κ3) is 4.11. The molecule has 230 valence electrons. The van der Waals surface area contributed by atoms with E-state index in [4.69, 9.17) is 19.9 Å². The van der Waals surface area contributed by atoms with Crippen molar-refractivity contribution in [2.45, 2.75) is 17.8 Å². The van der Waals surface area contributed by atoms with Crippen molar-refractivity contribution in [3.63, 3.8) is 0 Å². The summed E-state index contributed by atoms with van der Waals surface area (Å²) in [5.74, 6) is 2.16. The third-order valence-corrected chi connectivity index (χ3v) is 11.5. The predicted octanol–water partition coefficient (Wildman–Crippen LogP) is 11.1. The summed E-state index contributed by atoms with van der Waals surface area (Å²) < 4.78 is 2.62. The van der Waals surface area contributed by atoms with Crippen molar-refractivity contribution < 1.29 is 0 Å². The fraction of sp³-hybridized carbons (Fsp3) is 0.0698. The van der Waals surface area contributed by atoms with Crippen LogP contribution in [0.1, 0.15) is 34.7 Å². The Labute approximate surface area is 286 Å². The highest BCUT2D eigenvalue weighted by atomic mass is 32.1. The lowest BCUT2D eigenvalue weighted by Crippen LogP contribution is -2.16. The highest BCUT2D eigenvalue weighted by molar-refractivity contribution is 7.25. The molecule has 0 N–H and O–H groups in total. The summed E-state index contributed by atoms with van der Waals surface area (Å²) in [4.78, 5) is 22.4. The lowest BCUT2D eigenvalue weighted by atomic mass is 9.97. The summed E-state index contributed by atoms with van der Waals surface area (Å²) in [5, 5.41) is 4.72. The summed E-state index contributed by atoms with van der Waals surface area (Å²) in [5.41, 5.74) is 9.08. The Bertz CT molecular complexity index is 2790. The number of thiophene rings is 1. The van der Waals surface area contributed by atoms with E-state index in [9.17, 15) is 0 Å². The standard InChI is InChI=1S/C43H27N5S/c1-5-13-33-27(9-1)23-44-42(46-33)41-39-31-12-3-7-15-35(31)48(43-45-24-28-10-2-6-14-34(28)47-43)36-20-18-25(21-32(36)40(39)41)26-17-19-30-29-11-4-8-16-37(29)49-38(30)22-26/h1-24,39-41H. The number of nitrogens with zero attached hydrogens (tertiary/aromatic N) is 5. The second-order valence-corrected chi connectivity index (χ2v) is 14.2. The Morgan fingerprint density at radius 3 is 2.04 bits per heavy atom. The maximum absolute atomic E-state index is 5.14. The molecule has 0 amide bonds. The molecule has 3 aromatic heterocycles. The van der Waals surface area contributed by atoms with Crippen LogP contribution in [0.4, 0.5) is 17.3 Å². The van der Waals surface area contributed by atoms with Gasteiger partial charge in [0.1, 0.15) is 5.82 Å². The lowest BCUT2D eigenvalue weighted by Gasteiger charge is -2.27. The van der Waals surface area contributed by atoms with E-state index in [0.29, 0.717) is 5.95 Å². The quantitative estimate of drug-likeness (QED) is 0.191. The van der Waals surface area contributed by atoms with E-state index in [2.05, 4.69) is 120 Å². The van der Waals surface area contributed by atoms with E-state index in [1.807, 2.05) is 41.9 Å². The summed E-state index contributed by atoms with van der Waals surface area (Å²) in [7, 11) is 0. The van der Waals surface area contributed by atoms with Crippen molar-refractivity contribution in [2.24, 2.45) is 0 Å². The smallest absolute Gasteiger partial charge is 0.235 e. The first-order valence-electron chi connectivity index (χ1n) is 16.7. The first-order valence-corrected chi connectivity index (χ1v) is 17.5. The van der Waals surface area contributed by atoms with Gasteiger partial charge in [-0.25, -0.2) is 19.9 Å². The molecular formula is C43H27N5S. The van der Waals surface area contributed by atoms with Crippen LogP contribution >= 0.6 is 11.3 Å². The molecule has 1 aliphatic heterocycles. The van der Waals surface area contributed by atoms with Gasteiger partial charge in [-0.15, -0.1) is 11.3 Å². The van der Waals surface area contributed by atoms with Gasteiger partial charge in [-0.2, -0.15) is 0 Å². The van der Waals surface area contributed by atoms with Gasteiger partial charge in [-0.1, -0.05) is 91.0 Å². The second kappa shape index (κ2) is 10.3. The van der Waals surface area contributed by atoms with Crippen molar-refractivity contribution >= 4 is 70.6 Å². The van der Waals surface area contributed by atoms with Gasteiger partial charge in [-0.3, -0.25) is 4.90 Å². The number of anilines is 3. The van der Waals surface area contributed by atoms with Gasteiger partial charge >= 0.3 is 0 Å². The van der Waals surface area contributed by atoms with Crippen LogP contribution in [0.3, 0.4) is 0 Å². The van der Waals surface area contributed by atoms with Crippen LogP contribution < -0.4 is 4.90 Å². The van der Waals surface area contributed by atoms with Gasteiger partial charge in [-0.05, 0) is 64.7 Å². The van der Waals surface area contributed by atoms with Crippen LogP contribution in [-0.4, -0.2) is 19.9 Å². The van der Waals surface area contributed by atoms with Crippen molar-refractivity contribution in [1.82, 2.24) is 19.9 Å². The molecule has 3 unspecified atom stereocenters. The Morgan fingerprint density at radius 1 is 0.490 bits per heavy atom. The molecule has 2 aliphatic rings. The largest absolute Gasteiger partial charge is 0.279 e. The zero-order chi connectivity index (χ0) is 32.1. The van der Waals surface area contributed by atoms with Crippen LogP contribution in [0.25, 0.3) is 53.1 Å². The van der Waals surface area contributed by atoms with E-state index in [-0.39, 0.29) is 17.8 Å². The third-order valence-electron chi connectivity index (χ3n) is 10.4. The minimum absolute atomic E-state index is 0.157. The van der Waals surface area contributed by atoms with E-state index in [1.54, 1.807) is 0 Å². The van der Waals surface area contributed by atoms with Gasteiger partial charge in [0.05, 0.1) is 22.4 Å². The lowest BCUT2D eigenvalue weighted by molar-refractivity contribution is 0.892. The van der Waals surface area contributed by atoms with Gasteiger partial charge in [0.25, 0.3) is 0 Å². The first kappa shape index (κ1) is 27.0. The van der Waals surface area contributed by atoms with Gasteiger partial charge in [0, 0.05) is 61.1 Å². The predicted molar refractivity (Wildman–Crippen MR) is 200 cm³/mol. The molecule has 0 spiro atoms. The number of benzene rings is 6. The molecule has 6 heteroatoms. The van der Waals surface area contributed by atoms with Gasteiger partial charge in [0.15, 0.2) is 0 Å². The number of para-hydroxylation sites is 3. The number of hydrogen-bond donors (Lipinski definition) is 0. The Morgan fingerprint density at radius 2 is 1.14 bits per heavy atom. The highest BCUT2D eigenvalue weighted by Gasteiger charge is 2.58. The molecular weight excluding hydrogens is 619 g/mol. The van der Waals surface area contributed by atoms with Crippen molar-refractivity contribution in [3.05, 3.63) is 163 Å². The van der Waals surface area contributed by atoms with Crippen LogP contribution in [0.15, 0.2) is 146 Å². The molecule has 0 bridgehead atoms. The fourth-order valence-corrected chi connectivity index (χ4v) is 9.20. The zero-order valence-electron chi connectivity index (χ0n) is 26.2. The summed E-state index contributed by atoms with van der Waals surface area (Å²) in [6.45, 7) is 0. The minimum atomic E-state index is 0.157. The minimum Gasteiger partial charge on any atom is -0.279 e. The molecule has 5 nitrogen and oxygen atoms in total. The van der Waals surface area contributed by atoms with Crippen molar-refractivity contribution in [1.29, 1.82) is 0 Å². The second-order valence-electron chi connectivity index (χ2n) is 13.1. The monoisotopic (exact) mass is 645 g/mol. The maximum atomic E-state index is 5.14. The van der Waals surface area contributed by atoms with Crippen molar-refractivity contribution in [3.8, 4) is 11.1 Å². The Hall–Kier alpha value is -5.98. The fourth-order valence-electron chi connectivity index (χ4n) is 8.05. The molecule has 1 fully saturated rings. The van der Waals surface area contributed by atoms with E-state index in [0.717, 1.165) is 39.0 Å². The number of hydrogen-bond acceptors (Lipinski definition) is 6. The molecule has 9 aromatic rings. The number of aromatic nitrogens is 4. The van der Waals surface area contributed by atoms with E-state index in [1.165, 1.54) is 42.4 Å². The Balaban J connectivity index is 1.12. The highest BCUT2D eigenvalue weighted by Crippen LogP contribution is 2.70. The molecule has 11 rings (SSSR count). The number of fused-ring (bicyclic) bond motifs is 10. The van der Waals surface area contributed by atoms with Gasteiger partial charge in [0.2, 0.25) is 5.95 Å². The SMILES string of the molecule is c1ccc2c(c1)C1C(c3ncc4ccccc4n3)C1c1cc(-c3ccc4c(c3)sc3ccccc34)ccc1N2c1ncc2ccccc2n1. The average Bonchev–Trinajstić information content (AvgIpc) is 3.82. The van der Waals surface area contributed by atoms with Crippen molar-refractivity contribution in [2.75, 3.05) is 4.90 Å². The Kier molecular flexibility index (Phi) is 5.66. The summed E-state index contributed by atoms with van der Waals surface area (Å²) in [6, 6.07) is 47.7. The van der Waals surface area contributed by atoms with E-state index >= 15 is 0 Å². The molecule has 49 heavy (non-hydrogen) atoms. The van der Waals surface area contributed by atoms with Crippen LogP contribution in [0.5, 0.6) is 0 Å². The summed E-state index contributed by atoms with van der Waals surface area (Å²) in [6.07, 6.45) is 3.92. The summed E-state index contributed by atoms with van der Waals surface area (Å²) >= 11 is 1.86. The normalized spacial score (nSPS) is 18.0. The molecule has 0 radical (unpaired) electrons. The topological polar surface area (TPSA) is 54.8 Å². The van der Waals surface area contributed by atoms with Crippen LogP contribution in [-0.2, 0) is 0 Å². The maximum Gasteiger partial charge on any atom is 0.235 e. The van der Waals surface area contributed by atoms with E-state index < -0.39 is 0 Å². The molecule has 1 saturated carbocycles. The zero-order valence-corrected chi connectivity index (χ0v) is 27.0. The first-order chi connectivity index (χ1) is 24.3. The molecule has 3 atom stereocenters. The molecule has 6 aromatic carbocycles. The van der Waals surface area contributed by atoms with Crippen LogP contribution in [0.2, 0.25) is 0 Å². The molecule has 1 aliphatic carbocycles. The average molecular weight is 646 g/mol. The number of rotatable bonds is 3. The molecule has 0 saturated heterocycles. The molecule has 4 heterocycles.